The maximum atomic E-state index is 9.35. The van der Waals surface area contributed by atoms with Gasteiger partial charge in [-0.3, -0.25) is 0 Å². The van der Waals surface area contributed by atoms with Gasteiger partial charge in [0.1, 0.15) is 11.5 Å². The molecule has 0 saturated heterocycles. The van der Waals surface area contributed by atoms with Crippen LogP contribution in [-0.2, 0) is 4.84 Å². The van der Waals surface area contributed by atoms with Gasteiger partial charge in [-0.2, -0.15) is 0 Å². The molecule has 4 rings (SSSR count). The smallest absolute Gasteiger partial charge is 0.242 e. The molecule has 5 nitrogen and oxygen atoms in total. The standard InChI is InChI=1S/C19H20N2O3/c22-15-9-5-14(6-10-15)19-20-18(21-24-19)13-7-11-17(12-8-13)23-16-3-1-2-4-16/h5-12,16,18,21-22H,1-4H2. The third-order valence-electron chi connectivity index (χ3n) is 4.43. The van der Waals surface area contributed by atoms with E-state index in [4.69, 9.17) is 9.57 Å². The molecule has 1 unspecified atom stereocenters. The molecule has 1 atom stereocenters. The molecule has 0 amide bonds. The molecule has 0 aromatic heterocycles. The number of aliphatic imine (C=N–C) groups is 1. The van der Waals surface area contributed by atoms with E-state index in [1.807, 2.05) is 24.3 Å². The first-order valence-corrected chi connectivity index (χ1v) is 8.34. The Morgan fingerprint density at radius 3 is 2.42 bits per heavy atom. The number of benzene rings is 2. The van der Waals surface area contributed by atoms with Crippen molar-refractivity contribution in [1.82, 2.24) is 5.48 Å². The van der Waals surface area contributed by atoms with Crippen LogP contribution in [0.4, 0.5) is 0 Å². The third kappa shape index (κ3) is 3.21. The van der Waals surface area contributed by atoms with Gasteiger partial charge in [0.05, 0.1) is 6.10 Å². The summed E-state index contributed by atoms with van der Waals surface area (Å²) < 4.78 is 5.98. The number of nitrogens with one attached hydrogen (secondary N) is 1. The zero-order chi connectivity index (χ0) is 16.4. The van der Waals surface area contributed by atoms with E-state index in [0.29, 0.717) is 12.0 Å². The molecule has 0 radical (unpaired) electrons. The molecular formula is C19H20N2O3. The summed E-state index contributed by atoms with van der Waals surface area (Å²) in [4.78, 5) is 10.0. The molecule has 0 bridgehead atoms. The van der Waals surface area contributed by atoms with E-state index in [1.54, 1.807) is 24.3 Å². The fourth-order valence-electron chi connectivity index (χ4n) is 3.09. The summed E-state index contributed by atoms with van der Waals surface area (Å²) in [6, 6.07) is 14.8. The lowest BCUT2D eigenvalue weighted by Gasteiger charge is -2.14. The quantitative estimate of drug-likeness (QED) is 0.900. The van der Waals surface area contributed by atoms with Crippen LogP contribution in [0.1, 0.15) is 43.0 Å². The van der Waals surface area contributed by atoms with Gasteiger partial charge in [0.25, 0.3) is 0 Å². The van der Waals surface area contributed by atoms with Crippen LogP contribution < -0.4 is 10.2 Å². The molecule has 2 aromatic carbocycles. The summed E-state index contributed by atoms with van der Waals surface area (Å²) in [6.45, 7) is 0. The number of ether oxygens (including phenoxy) is 1. The summed E-state index contributed by atoms with van der Waals surface area (Å²) in [5, 5.41) is 9.35. The van der Waals surface area contributed by atoms with Crippen LogP contribution in [-0.4, -0.2) is 17.1 Å². The molecule has 24 heavy (non-hydrogen) atoms. The Hall–Kier alpha value is -2.53. The van der Waals surface area contributed by atoms with E-state index in [0.717, 1.165) is 29.7 Å². The van der Waals surface area contributed by atoms with E-state index in [2.05, 4.69) is 10.5 Å². The minimum absolute atomic E-state index is 0.222. The Kier molecular flexibility index (Phi) is 4.09. The van der Waals surface area contributed by atoms with Crippen LogP contribution in [0.2, 0.25) is 0 Å². The fourth-order valence-corrected chi connectivity index (χ4v) is 3.09. The van der Waals surface area contributed by atoms with E-state index in [1.165, 1.54) is 12.8 Å². The van der Waals surface area contributed by atoms with E-state index in [9.17, 15) is 5.11 Å². The van der Waals surface area contributed by atoms with Gasteiger partial charge >= 0.3 is 0 Å². The summed E-state index contributed by atoms with van der Waals surface area (Å²) in [5.74, 6) is 1.65. The second-order valence-corrected chi connectivity index (χ2v) is 6.20. The second-order valence-electron chi connectivity index (χ2n) is 6.20. The highest BCUT2D eigenvalue weighted by Gasteiger charge is 2.22. The number of hydrogen-bond donors (Lipinski definition) is 2. The van der Waals surface area contributed by atoms with Crippen molar-refractivity contribution in [1.29, 1.82) is 0 Å². The molecule has 1 aliphatic heterocycles. The average molecular weight is 324 g/mol. The first-order valence-electron chi connectivity index (χ1n) is 8.34. The maximum Gasteiger partial charge on any atom is 0.242 e. The first kappa shape index (κ1) is 15.0. The van der Waals surface area contributed by atoms with Crippen molar-refractivity contribution in [2.24, 2.45) is 4.99 Å². The number of phenolic OH excluding ortho intramolecular Hbond substituents is 1. The predicted molar refractivity (Wildman–Crippen MR) is 90.9 cm³/mol. The first-order chi connectivity index (χ1) is 11.8. The summed E-state index contributed by atoms with van der Waals surface area (Å²) in [6.07, 6.45) is 4.96. The van der Waals surface area contributed by atoms with E-state index < -0.39 is 0 Å². The number of nitrogens with zero attached hydrogens (tertiary/aromatic N) is 1. The Balaban J connectivity index is 1.45. The molecule has 1 saturated carbocycles. The Labute approximate surface area is 140 Å². The topological polar surface area (TPSA) is 63.1 Å². The van der Waals surface area contributed by atoms with Gasteiger partial charge < -0.3 is 14.7 Å². The molecule has 124 valence electrons. The summed E-state index contributed by atoms with van der Waals surface area (Å²) >= 11 is 0. The number of hydrogen-bond acceptors (Lipinski definition) is 5. The highest BCUT2D eigenvalue weighted by molar-refractivity contribution is 5.94. The van der Waals surface area contributed by atoms with E-state index >= 15 is 0 Å². The van der Waals surface area contributed by atoms with Crippen molar-refractivity contribution in [2.45, 2.75) is 38.0 Å². The molecule has 5 heteroatoms. The Morgan fingerprint density at radius 1 is 1.00 bits per heavy atom. The second kappa shape index (κ2) is 6.53. The molecule has 0 spiro atoms. The Bertz CT molecular complexity index is 719. The molecule has 1 fully saturated rings. The highest BCUT2D eigenvalue weighted by atomic mass is 16.7. The number of aromatic hydroxyl groups is 1. The van der Waals surface area contributed by atoms with Crippen molar-refractivity contribution < 1.29 is 14.7 Å². The minimum atomic E-state index is -0.241. The van der Waals surface area contributed by atoms with Gasteiger partial charge in [-0.05, 0) is 67.6 Å². The van der Waals surface area contributed by atoms with Gasteiger partial charge in [0.15, 0.2) is 6.17 Å². The van der Waals surface area contributed by atoms with Crippen LogP contribution in [0.5, 0.6) is 11.5 Å². The Morgan fingerprint density at radius 2 is 1.71 bits per heavy atom. The largest absolute Gasteiger partial charge is 0.508 e. The third-order valence-corrected chi connectivity index (χ3v) is 4.43. The van der Waals surface area contributed by atoms with Crippen LogP contribution in [0, 0.1) is 0 Å². The van der Waals surface area contributed by atoms with Crippen molar-refractivity contribution in [3.63, 3.8) is 0 Å². The lowest BCUT2D eigenvalue weighted by Crippen LogP contribution is -2.15. The van der Waals surface area contributed by atoms with Gasteiger partial charge in [-0.1, -0.05) is 12.1 Å². The molecule has 2 N–H and O–H groups in total. The SMILES string of the molecule is Oc1ccc(C2=NC(c3ccc(OC4CCCC4)cc3)NO2)cc1. The lowest BCUT2D eigenvalue weighted by molar-refractivity contribution is 0.180. The zero-order valence-electron chi connectivity index (χ0n) is 13.3. The monoisotopic (exact) mass is 324 g/mol. The van der Waals surface area contributed by atoms with Gasteiger partial charge in [-0.15, -0.1) is 5.48 Å². The lowest BCUT2D eigenvalue weighted by atomic mass is 10.1. The zero-order valence-corrected chi connectivity index (χ0v) is 13.3. The van der Waals surface area contributed by atoms with Crippen LogP contribution in [0.3, 0.4) is 0 Å². The minimum Gasteiger partial charge on any atom is -0.508 e. The van der Waals surface area contributed by atoms with Crippen molar-refractivity contribution in [3.05, 3.63) is 59.7 Å². The van der Waals surface area contributed by atoms with Gasteiger partial charge in [0, 0.05) is 5.56 Å². The highest BCUT2D eigenvalue weighted by Crippen LogP contribution is 2.27. The van der Waals surface area contributed by atoms with Crippen molar-refractivity contribution in [2.75, 3.05) is 0 Å². The maximum absolute atomic E-state index is 9.35. The van der Waals surface area contributed by atoms with Crippen LogP contribution >= 0.6 is 0 Å². The van der Waals surface area contributed by atoms with Crippen molar-refractivity contribution >= 4 is 5.90 Å². The number of rotatable bonds is 4. The molecule has 1 aliphatic carbocycles. The van der Waals surface area contributed by atoms with Crippen LogP contribution in [0.25, 0.3) is 0 Å². The fraction of sp³-hybridized carbons (Fsp3) is 0.316. The normalized spacial score (nSPS) is 20.7. The summed E-state index contributed by atoms with van der Waals surface area (Å²) in [5.41, 5.74) is 4.76. The van der Waals surface area contributed by atoms with Gasteiger partial charge in [0.2, 0.25) is 5.90 Å². The van der Waals surface area contributed by atoms with Crippen molar-refractivity contribution in [3.8, 4) is 11.5 Å². The molecule has 1 heterocycles. The molecule has 2 aliphatic rings. The van der Waals surface area contributed by atoms with Gasteiger partial charge in [-0.25, -0.2) is 4.99 Å². The summed E-state index contributed by atoms with van der Waals surface area (Å²) in [7, 11) is 0. The molecular weight excluding hydrogens is 304 g/mol. The number of hydroxylamine groups is 1. The number of phenols is 1. The predicted octanol–water partition coefficient (Wildman–Crippen LogP) is 3.69. The molecule has 2 aromatic rings. The average Bonchev–Trinajstić information content (AvgIpc) is 3.28. The van der Waals surface area contributed by atoms with Crippen LogP contribution in [0.15, 0.2) is 53.5 Å². The van der Waals surface area contributed by atoms with E-state index in [-0.39, 0.29) is 11.9 Å².